The molecular weight excluding hydrogens is 365 g/mol. The van der Waals surface area contributed by atoms with Crippen LogP contribution in [0.1, 0.15) is 24.8 Å². The number of nitrogens with zero attached hydrogens (tertiary/aromatic N) is 1. The number of methoxy groups -OCH3 is 1. The molecule has 0 aromatic heterocycles. The molecule has 1 aliphatic rings. The largest absolute Gasteiger partial charge is 0.383 e. The standard InChI is InChI=1S/C15H23N3O.HI/c1-3-16-15(17-9-10-19-2)18-14-11-13(14)12-7-5-4-6-8-12;/h4-8,13-14H,3,9-11H2,1-2H3,(H2,16,17,18);1H. The molecular formula is C15H24IN3O. The van der Waals surface area contributed by atoms with E-state index in [2.05, 4.69) is 52.9 Å². The summed E-state index contributed by atoms with van der Waals surface area (Å²) in [6, 6.07) is 11.2. The fourth-order valence-corrected chi connectivity index (χ4v) is 2.17. The zero-order chi connectivity index (χ0) is 13.5. The minimum atomic E-state index is 0. The Morgan fingerprint density at radius 3 is 2.75 bits per heavy atom. The highest BCUT2D eigenvalue weighted by atomic mass is 127. The van der Waals surface area contributed by atoms with E-state index in [-0.39, 0.29) is 24.0 Å². The number of rotatable bonds is 6. The minimum absolute atomic E-state index is 0. The van der Waals surface area contributed by atoms with Crippen LogP contribution in [0.3, 0.4) is 0 Å². The first kappa shape index (κ1) is 17.2. The number of ether oxygens (including phenoxy) is 1. The molecule has 2 atom stereocenters. The lowest BCUT2D eigenvalue weighted by atomic mass is 10.1. The van der Waals surface area contributed by atoms with Crippen molar-refractivity contribution in [2.24, 2.45) is 4.99 Å². The van der Waals surface area contributed by atoms with Crippen LogP contribution < -0.4 is 10.6 Å². The maximum Gasteiger partial charge on any atom is 0.191 e. The van der Waals surface area contributed by atoms with Gasteiger partial charge in [-0.3, -0.25) is 4.99 Å². The number of nitrogens with one attached hydrogen (secondary N) is 2. The number of hydrogen-bond donors (Lipinski definition) is 2. The summed E-state index contributed by atoms with van der Waals surface area (Å²) in [5, 5.41) is 6.75. The second-order valence-corrected chi connectivity index (χ2v) is 4.76. The van der Waals surface area contributed by atoms with E-state index < -0.39 is 0 Å². The van der Waals surface area contributed by atoms with Gasteiger partial charge in [0.25, 0.3) is 0 Å². The molecule has 1 fully saturated rings. The molecule has 0 saturated heterocycles. The Morgan fingerprint density at radius 1 is 1.35 bits per heavy atom. The average Bonchev–Trinajstić information content (AvgIpc) is 3.19. The van der Waals surface area contributed by atoms with Crippen molar-refractivity contribution in [3.8, 4) is 0 Å². The van der Waals surface area contributed by atoms with Crippen LogP contribution in [0.5, 0.6) is 0 Å². The number of guanidine groups is 1. The number of aliphatic imine (C=N–C) groups is 1. The summed E-state index contributed by atoms with van der Waals surface area (Å²) in [5.41, 5.74) is 1.41. The molecule has 1 aromatic rings. The van der Waals surface area contributed by atoms with E-state index >= 15 is 0 Å². The fraction of sp³-hybridized carbons (Fsp3) is 0.533. The molecule has 0 heterocycles. The molecule has 2 rings (SSSR count). The lowest BCUT2D eigenvalue weighted by Crippen LogP contribution is -2.39. The van der Waals surface area contributed by atoms with Crippen LogP contribution in [0.25, 0.3) is 0 Å². The van der Waals surface area contributed by atoms with E-state index in [1.54, 1.807) is 7.11 Å². The van der Waals surface area contributed by atoms with Crippen LogP contribution in [0, 0.1) is 0 Å². The Kier molecular flexibility index (Phi) is 7.91. The van der Waals surface area contributed by atoms with Gasteiger partial charge in [0.05, 0.1) is 13.2 Å². The van der Waals surface area contributed by atoms with Gasteiger partial charge in [-0.05, 0) is 18.9 Å². The van der Waals surface area contributed by atoms with E-state index in [0.717, 1.165) is 12.5 Å². The summed E-state index contributed by atoms with van der Waals surface area (Å²) in [7, 11) is 1.70. The molecule has 0 bridgehead atoms. The molecule has 2 N–H and O–H groups in total. The van der Waals surface area contributed by atoms with E-state index in [9.17, 15) is 0 Å². The van der Waals surface area contributed by atoms with Gasteiger partial charge in [0.1, 0.15) is 0 Å². The van der Waals surface area contributed by atoms with Crippen LogP contribution in [0.2, 0.25) is 0 Å². The van der Waals surface area contributed by atoms with Crippen molar-refractivity contribution in [3.05, 3.63) is 35.9 Å². The monoisotopic (exact) mass is 389 g/mol. The van der Waals surface area contributed by atoms with Crippen molar-refractivity contribution in [2.45, 2.75) is 25.3 Å². The first-order chi connectivity index (χ1) is 9.35. The second kappa shape index (κ2) is 9.18. The molecule has 0 aliphatic heterocycles. The first-order valence-electron chi connectivity index (χ1n) is 6.94. The van der Waals surface area contributed by atoms with Crippen LogP contribution in [0.4, 0.5) is 0 Å². The quantitative estimate of drug-likeness (QED) is 0.340. The van der Waals surface area contributed by atoms with E-state index in [4.69, 9.17) is 4.74 Å². The van der Waals surface area contributed by atoms with Crippen molar-refractivity contribution in [3.63, 3.8) is 0 Å². The molecule has 112 valence electrons. The molecule has 1 aromatic carbocycles. The Bertz CT molecular complexity index is 411. The molecule has 0 radical (unpaired) electrons. The Morgan fingerprint density at radius 2 is 2.10 bits per heavy atom. The topological polar surface area (TPSA) is 45.7 Å². The molecule has 4 nitrogen and oxygen atoms in total. The second-order valence-electron chi connectivity index (χ2n) is 4.76. The number of benzene rings is 1. The Balaban J connectivity index is 0.00000200. The first-order valence-corrected chi connectivity index (χ1v) is 6.94. The van der Waals surface area contributed by atoms with Crippen LogP contribution in [0.15, 0.2) is 35.3 Å². The lowest BCUT2D eigenvalue weighted by molar-refractivity contribution is 0.208. The smallest absolute Gasteiger partial charge is 0.191 e. The zero-order valence-electron chi connectivity index (χ0n) is 12.1. The Labute approximate surface area is 138 Å². The van der Waals surface area contributed by atoms with Crippen molar-refractivity contribution < 1.29 is 4.74 Å². The summed E-state index contributed by atoms with van der Waals surface area (Å²) in [6.07, 6.45) is 1.18. The predicted octanol–water partition coefficient (Wildman–Crippen LogP) is 2.36. The lowest BCUT2D eigenvalue weighted by Gasteiger charge is -2.11. The third kappa shape index (κ3) is 5.28. The predicted molar refractivity (Wildman–Crippen MR) is 94.0 cm³/mol. The summed E-state index contributed by atoms with van der Waals surface area (Å²) < 4.78 is 5.02. The van der Waals surface area contributed by atoms with Crippen molar-refractivity contribution >= 4 is 29.9 Å². The van der Waals surface area contributed by atoms with Gasteiger partial charge in [0.15, 0.2) is 5.96 Å². The molecule has 0 amide bonds. The number of hydrogen-bond acceptors (Lipinski definition) is 2. The van der Waals surface area contributed by atoms with Gasteiger partial charge in [-0.25, -0.2) is 0 Å². The van der Waals surface area contributed by atoms with Gasteiger partial charge >= 0.3 is 0 Å². The number of halogens is 1. The third-order valence-electron chi connectivity index (χ3n) is 3.25. The fourth-order valence-electron chi connectivity index (χ4n) is 2.17. The highest BCUT2D eigenvalue weighted by Gasteiger charge is 2.38. The average molecular weight is 389 g/mol. The summed E-state index contributed by atoms with van der Waals surface area (Å²) in [6.45, 7) is 4.30. The van der Waals surface area contributed by atoms with E-state index in [1.165, 1.54) is 12.0 Å². The van der Waals surface area contributed by atoms with Gasteiger partial charge in [-0.2, -0.15) is 0 Å². The molecule has 1 saturated carbocycles. The van der Waals surface area contributed by atoms with Gasteiger partial charge in [-0.1, -0.05) is 30.3 Å². The molecule has 1 aliphatic carbocycles. The SMILES string of the molecule is CCNC(=NCCOC)NC1CC1c1ccccc1.I. The van der Waals surface area contributed by atoms with Crippen LogP contribution >= 0.6 is 24.0 Å². The van der Waals surface area contributed by atoms with Gasteiger partial charge in [0, 0.05) is 25.6 Å². The van der Waals surface area contributed by atoms with Gasteiger partial charge < -0.3 is 15.4 Å². The van der Waals surface area contributed by atoms with Crippen molar-refractivity contribution in [1.29, 1.82) is 0 Å². The summed E-state index contributed by atoms with van der Waals surface area (Å²) in [4.78, 5) is 4.48. The summed E-state index contributed by atoms with van der Waals surface area (Å²) >= 11 is 0. The molecule has 5 heteroatoms. The third-order valence-corrected chi connectivity index (χ3v) is 3.25. The zero-order valence-corrected chi connectivity index (χ0v) is 14.5. The normalized spacial score (nSPS) is 21.0. The Hall–Kier alpha value is -0.820. The maximum atomic E-state index is 5.02. The maximum absolute atomic E-state index is 5.02. The highest BCUT2D eigenvalue weighted by Crippen LogP contribution is 2.40. The molecule has 2 unspecified atom stereocenters. The molecule has 0 spiro atoms. The van der Waals surface area contributed by atoms with E-state index in [0.29, 0.717) is 25.1 Å². The van der Waals surface area contributed by atoms with Crippen LogP contribution in [-0.2, 0) is 4.74 Å². The minimum Gasteiger partial charge on any atom is -0.383 e. The van der Waals surface area contributed by atoms with Crippen molar-refractivity contribution in [2.75, 3.05) is 26.8 Å². The van der Waals surface area contributed by atoms with Crippen LogP contribution in [-0.4, -0.2) is 38.8 Å². The van der Waals surface area contributed by atoms with Gasteiger partial charge in [-0.15, -0.1) is 24.0 Å². The highest BCUT2D eigenvalue weighted by molar-refractivity contribution is 14.0. The van der Waals surface area contributed by atoms with Gasteiger partial charge in [0.2, 0.25) is 0 Å². The summed E-state index contributed by atoms with van der Waals surface area (Å²) in [5.74, 6) is 1.51. The molecule has 20 heavy (non-hydrogen) atoms. The van der Waals surface area contributed by atoms with E-state index in [1.807, 2.05) is 0 Å². The van der Waals surface area contributed by atoms with Crippen molar-refractivity contribution in [1.82, 2.24) is 10.6 Å².